The molecular formula is C10H11BrFNO2. The molecule has 2 rings (SSSR count). The van der Waals surface area contributed by atoms with E-state index in [1.807, 2.05) is 0 Å². The highest BCUT2D eigenvalue weighted by Crippen LogP contribution is 2.51. The van der Waals surface area contributed by atoms with Crippen LogP contribution < -0.4 is 10.5 Å². The number of hydrogen-bond acceptors (Lipinski definition) is 3. The van der Waals surface area contributed by atoms with Gasteiger partial charge in [0.05, 0.1) is 17.1 Å². The Morgan fingerprint density at radius 1 is 1.60 bits per heavy atom. The lowest BCUT2D eigenvalue weighted by molar-refractivity contribution is 0.362. The second kappa shape index (κ2) is 3.35. The molecule has 1 fully saturated rings. The highest BCUT2D eigenvalue weighted by Gasteiger charge is 2.45. The zero-order valence-electron chi connectivity index (χ0n) is 8.18. The van der Waals surface area contributed by atoms with E-state index in [-0.39, 0.29) is 21.5 Å². The van der Waals surface area contributed by atoms with Crippen molar-refractivity contribution in [1.29, 1.82) is 0 Å². The molecule has 0 unspecified atom stereocenters. The van der Waals surface area contributed by atoms with Crippen LogP contribution in [0.5, 0.6) is 11.5 Å². The van der Waals surface area contributed by atoms with Crippen LogP contribution in [0, 0.1) is 5.82 Å². The van der Waals surface area contributed by atoms with Crippen molar-refractivity contribution in [3.05, 3.63) is 21.9 Å². The van der Waals surface area contributed by atoms with E-state index in [0.29, 0.717) is 12.8 Å². The van der Waals surface area contributed by atoms with Gasteiger partial charge in [0.1, 0.15) is 5.82 Å². The number of halogens is 2. The third kappa shape index (κ3) is 1.59. The topological polar surface area (TPSA) is 55.5 Å². The molecule has 82 valence electrons. The maximum Gasteiger partial charge on any atom is 0.165 e. The van der Waals surface area contributed by atoms with Crippen LogP contribution in [0.4, 0.5) is 4.39 Å². The highest BCUT2D eigenvalue weighted by molar-refractivity contribution is 9.10. The Kier molecular flexibility index (Phi) is 2.39. The number of rotatable bonds is 2. The summed E-state index contributed by atoms with van der Waals surface area (Å²) in [5, 5.41) is 9.80. The molecule has 0 bridgehead atoms. The normalized spacial score (nSPS) is 17.6. The Morgan fingerprint density at radius 3 is 2.67 bits per heavy atom. The van der Waals surface area contributed by atoms with Gasteiger partial charge in [-0.2, -0.15) is 0 Å². The van der Waals surface area contributed by atoms with E-state index in [1.165, 1.54) is 13.2 Å². The summed E-state index contributed by atoms with van der Waals surface area (Å²) in [6, 6.07) is 1.39. The zero-order valence-corrected chi connectivity index (χ0v) is 9.77. The van der Waals surface area contributed by atoms with E-state index >= 15 is 0 Å². The van der Waals surface area contributed by atoms with Gasteiger partial charge in [0.15, 0.2) is 11.5 Å². The van der Waals surface area contributed by atoms with Crippen LogP contribution in [0.25, 0.3) is 0 Å². The number of benzene rings is 1. The van der Waals surface area contributed by atoms with Crippen molar-refractivity contribution in [1.82, 2.24) is 0 Å². The Hall–Kier alpha value is -0.810. The standard InChI is InChI=1S/C10H11BrFNO2/c1-15-6-4-5(11)8(12)7(9(6)14)10(13)2-3-10/h4,14H,2-3,13H2,1H3. The minimum absolute atomic E-state index is 0.147. The van der Waals surface area contributed by atoms with Crippen molar-refractivity contribution in [2.24, 2.45) is 5.73 Å². The molecule has 1 aliphatic rings. The van der Waals surface area contributed by atoms with E-state index in [9.17, 15) is 9.50 Å². The predicted octanol–water partition coefficient (Wildman–Crippen LogP) is 2.25. The van der Waals surface area contributed by atoms with Crippen LogP contribution >= 0.6 is 15.9 Å². The van der Waals surface area contributed by atoms with Crippen LogP contribution in [0.2, 0.25) is 0 Å². The predicted molar refractivity (Wildman–Crippen MR) is 57.4 cm³/mol. The second-order valence-corrected chi connectivity index (χ2v) is 4.61. The van der Waals surface area contributed by atoms with Crippen molar-refractivity contribution in [2.45, 2.75) is 18.4 Å². The van der Waals surface area contributed by atoms with Crippen LogP contribution in [0.3, 0.4) is 0 Å². The first-order valence-electron chi connectivity index (χ1n) is 4.54. The molecule has 1 aliphatic carbocycles. The second-order valence-electron chi connectivity index (χ2n) is 3.75. The van der Waals surface area contributed by atoms with Crippen LogP contribution in [-0.4, -0.2) is 12.2 Å². The molecule has 3 N–H and O–H groups in total. The molecule has 3 nitrogen and oxygen atoms in total. The average Bonchev–Trinajstić information content (AvgIpc) is 2.91. The number of ether oxygens (including phenoxy) is 1. The van der Waals surface area contributed by atoms with E-state index in [2.05, 4.69) is 15.9 Å². The number of aromatic hydroxyl groups is 1. The summed E-state index contributed by atoms with van der Waals surface area (Å²) in [6.45, 7) is 0. The molecule has 0 amide bonds. The van der Waals surface area contributed by atoms with Gasteiger partial charge in [-0.3, -0.25) is 0 Å². The van der Waals surface area contributed by atoms with Gasteiger partial charge in [0, 0.05) is 11.6 Å². The summed E-state index contributed by atoms with van der Waals surface area (Å²) < 4.78 is 19.0. The third-order valence-electron chi connectivity index (χ3n) is 2.66. The van der Waals surface area contributed by atoms with Crippen LogP contribution in [-0.2, 0) is 5.54 Å². The number of phenolic OH excluding ortho intramolecular Hbond substituents is 1. The molecule has 0 aliphatic heterocycles. The summed E-state index contributed by atoms with van der Waals surface area (Å²) in [7, 11) is 1.42. The molecule has 1 aromatic carbocycles. The molecule has 5 heteroatoms. The maximum atomic E-state index is 13.8. The first kappa shape index (κ1) is 10.7. The molecule has 0 atom stereocenters. The monoisotopic (exact) mass is 275 g/mol. The Morgan fingerprint density at radius 2 is 2.20 bits per heavy atom. The molecule has 0 spiro atoms. The molecular weight excluding hydrogens is 265 g/mol. The summed E-state index contributed by atoms with van der Waals surface area (Å²) in [5.41, 5.74) is 5.30. The van der Waals surface area contributed by atoms with Gasteiger partial charge in [-0.15, -0.1) is 0 Å². The Balaban J connectivity index is 2.65. The van der Waals surface area contributed by atoms with Gasteiger partial charge in [-0.1, -0.05) is 0 Å². The summed E-state index contributed by atoms with van der Waals surface area (Å²) in [6.07, 6.45) is 1.36. The number of phenols is 1. The van der Waals surface area contributed by atoms with Crippen molar-refractivity contribution < 1.29 is 14.2 Å². The van der Waals surface area contributed by atoms with Gasteiger partial charge in [0.25, 0.3) is 0 Å². The lowest BCUT2D eigenvalue weighted by atomic mass is 10.0. The fourth-order valence-electron chi connectivity index (χ4n) is 1.59. The largest absolute Gasteiger partial charge is 0.504 e. The minimum Gasteiger partial charge on any atom is -0.504 e. The molecule has 1 saturated carbocycles. The number of nitrogens with two attached hydrogens (primary N) is 1. The van der Waals surface area contributed by atoms with Gasteiger partial charge in [-0.05, 0) is 28.8 Å². The Labute approximate surface area is 95.2 Å². The quantitative estimate of drug-likeness (QED) is 0.871. The first-order chi connectivity index (χ1) is 6.99. The summed E-state index contributed by atoms with van der Waals surface area (Å²) in [5.74, 6) is -0.471. The third-order valence-corrected chi connectivity index (χ3v) is 3.24. The molecule has 0 saturated heterocycles. The highest BCUT2D eigenvalue weighted by atomic mass is 79.9. The van der Waals surface area contributed by atoms with Gasteiger partial charge >= 0.3 is 0 Å². The SMILES string of the molecule is COc1cc(Br)c(F)c(C2(N)CC2)c1O. The molecule has 0 heterocycles. The summed E-state index contributed by atoms with van der Waals surface area (Å²) in [4.78, 5) is 0. The van der Waals surface area contributed by atoms with Gasteiger partial charge in [0.2, 0.25) is 0 Å². The minimum atomic E-state index is -0.731. The number of methoxy groups -OCH3 is 1. The van der Waals surface area contributed by atoms with E-state index in [0.717, 1.165) is 0 Å². The fourth-order valence-corrected chi connectivity index (χ4v) is 1.99. The van der Waals surface area contributed by atoms with E-state index < -0.39 is 11.4 Å². The Bertz CT molecular complexity index is 418. The smallest absolute Gasteiger partial charge is 0.165 e. The van der Waals surface area contributed by atoms with Crippen molar-refractivity contribution >= 4 is 15.9 Å². The van der Waals surface area contributed by atoms with Crippen LogP contribution in [0.15, 0.2) is 10.5 Å². The maximum absolute atomic E-state index is 13.8. The lowest BCUT2D eigenvalue weighted by Gasteiger charge is -2.16. The molecule has 1 aromatic rings. The molecule has 0 aromatic heterocycles. The number of hydrogen-bond donors (Lipinski definition) is 2. The van der Waals surface area contributed by atoms with Gasteiger partial charge < -0.3 is 15.6 Å². The van der Waals surface area contributed by atoms with E-state index in [4.69, 9.17) is 10.5 Å². The molecule has 15 heavy (non-hydrogen) atoms. The lowest BCUT2D eigenvalue weighted by Crippen LogP contribution is -2.21. The first-order valence-corrected chi connectivity index (χ1v) is 5.33. The fraction of sp³-hybridized carbons (Fsp3) is 0.400. The van der Waals surface area contributed by atoms with Gasteiger partial charge in [-0.25, -0.2) is 4.39 Å². The molecule has 0 radical (unpaired) electrons. The van der Waals surface area contributed by atoms with E-state index in [1.54, 1.807) is 0 Å². The van der Waals surface area contributed by atoms with Crippen molar-refractivity contribution in [2.75, 3.05) is 7.11 Å². The van der Waals surface area contributed by atoms with Crippen LogP contribution in [0.1, 0.15) is 18.4 Å². The summed E-state index contributed by atoms with van der Waals surface area (Å²) >= 11 is 3.07. The van der Waals surface area contributed by atoms with Crippen molar-refractivity contribution in [3.63, 3.8) is 0 Å². The average molecular weight is 276 g/mol. The van der Waals surface area contributed by atoms with Crippen molar-refractivity contribution in [3.8, 4) is 11.5 Å². The zero-order chi connectivity index (χ0) is 11.2.